The van der Waals surface area contributed by atoms with Crippen LogP contribution in [0, 0.1) is 0 Å². The summed E-state index contributed by atoms with van der Waals surface area (Å²) in [6.45, 7) is 1.91. The maximum absolute atomic E-state index is 12.4. The summed E-state index contributed by atoms with van der Waals surface area (Å²) >= 11 is 0. The van der Waals surface area contributed by atoms with Crippen LogP contribution in [-0.2, 0) is 21.2 Å². The molecule has 24 heavy (non-hydrogen) atoms. The molecule has 2 aromatic rings. The second-order valence-corrected chi connectivity index (χ2v) is 7.31. The first kappa shape index (κ1) is 16.5. The van der Waals surface area contributed by atoms with E-state index in [1.807, 2.05) is 30.3 Å². The van der Waals surface area contributed by atoms with E-state index in [1.165, 1.54) is 18.2 Å². The van der Waals surface area contributed by atoms with E-state index in [0.29, 0.717) is 24.4 Å². The molecule has 1 aliphatic rings. The van der Waals surface area contributed by atoms with Crippen LogP contribution in [0.25, 0.3) is 0 Å². The molecule has 0 fully saturated rings. The molecular formula is C17H18N2O4S. The van der Waals surface area contributed by atoms with E-state index in [4.69, 9.17) is 4.74 Å². The van der Waals surface area contributed by atoms with Crippen molar-refractivity contribution in [3.05, 3.63) is 54.1 Å². The molecule has 0 saturated heterocycles. The minimum Gasteiger partial charge on any atom is -0.479 e. The largest absolute Gasteiger partial charge is 0.479 e. The lowest BCUT2D eigenvalue weighted by Gasteiger charge is -2.23. The van der Waals surface area contributed by atoms with Gasteiger partial charge in [-0.25, -0.2) is 13.1 Å². The molecule has 0 radical (unpaired) electrons. The van der Waals surface area contributed by atoms with Crippen molar-refractivity contribution < 1.29 is 17.9 Å². The SMILES string of the molecule is C[C@@H]1Oc2cc(S(=O)(=O)NCCc3ccccc3)ccc2NC1=O. The highest BCUT2D eigenvalue weighted by Gasteiger charge is 2.25. The van der Waals surface area contributed by atoms with Crippen LogP contribution in [0.5, 0.6) is 5.75 Å². The Hall–Kier alpha value is -2.38. The van der Waals surface area contributed by atoms with E-state index < -0.39 is 16.1 Å². The Balaban J connectivity index is 1.71. The van der Waals surface area contributed by atoms with Gasteiger partial charge in [0.2, 0.25) is 10.0 Å². The second kappa shape index (κ2) is 6.62. The lowest BCUT2D eigenvalue weighted by atomic mass is 10.2. The summed E-state index contributed by atoms with van der Waals surface area (Å²) in [4.78, 5) is 11.7. The van der Waals surface area contributed by atoms with Gasteiger partial charge in [-0.15, -0.1) is 0 Å². The van der Waals surface area contributed by atoms with Gasteiger partial charge in [-0.2, -0.15) is 0 Å². The summed E-state index contributed by atoms with van der Waals surface area (Å²) in [5, 5.41) is 2.67. The summed E-state index contributed by atoms with van der Waals surface area (Å²) in [6, 6.07) is 14.1. The van der Waals surface area contributed by atoms with E-state index in [-0.39, 0.29) is 10.8 Å². The van der Waals surface area contributed by atoms with Crippen LogP contribution in [-0.4, -0.2) is 27.0 Å². The van der Waals surface area contributed by atoms with Crippen molar-refractivity contribution in [2.24, 2.45) is 0 Å². The molecular weight excluding hydrogens is 328 g/mol. The molecule has 2 aromatic carbocycles. The van der Waals surface area contributed by atoms with Gasteiger partial charge in [-0.1, -0.05) is 30.3 Å². The quantitative estimate of drug-likeness (QED) is 0.866. The van der Waals surface area contributed by atoms with E-state index >= 15 is 0 Å². The topological polar surface area (TPSA) is 84.5 Å². The number of carbonyl (C=O) groups is 1. The van der Waals surface area contributed by atoms with Crippen LogP contribution in [0.4, 0.5) is 5.69 Å². The lowest BCUT2D eigenvalue weighted by Crippen LogP contribution is -2.34. The molecule has 2 N–H and O–H groups in total. The molecule has 0 saturated carbocycles. The number of hydrogen-bond acceptors (Lipinski definition) is 4. The van der Waals surface area contributed by atoms with Crippen molar-refractivity contribution in [2.45, 2.75) is 24.3 Å². The minimum atomic E-state index is -3.64. The number of anilines is 1. The molecule has 0 aliphatic carbocycles. The zero-order valence-electron chi connectivity index (χ0n) is 13.2. The van der Waals surface area contributed by atoms with Crippen molar-refractivity contribution >= 4 is 21.6 Å². The Bertz CT molecular complexity index is 850. The van der Waals surface area contributed by atoms with Gasteiger partial charge in [0.1, 0.15) is 5.75 Å². The van der Waals surface area contributed by atoms with Crippen LogP contribution in [0.2, 0.25) is 0 Å². The molecule has 1 aliphatic heterocycles. The Labute approximate surface area is 140 Å². The molecule has 3 rings (SSSR count). The van der Waals surface area contributed by atoms with E-state index in [1.54, 1.807) is 6.92 Å². The van der Waals surface area contributed by atoms with Crippen molar-refractivity contribution in [1.29, 1.82) is 0 Å². The molecule has 0 aromatic heterocycles. The number of benzene rings is 2. The first-order chi connectivity index (χ1) is 11.5. The van der Waals surface area contributed by atoms with Crippen LogP contribution in [0.3, 0.4) is 0 Å². The van der Waals surface area contributed by atoms with Gasteiger partial charge < -0.3 is 10.1 Å². The Kier molecular flexibility index (Phi) is 4.55. The lowest BCUT2D eigenvalue weighted by molar-refractivity contribution is -0.122. The van der Waals surface area contributed by atoms with Crippen LogP contribution in [0.15, 0.2) is 53.4 Å². The third kappa shape index (κ3) is 3.58. The highest BCUT2D eigenvalue weighted by atomic mass is 32.2. The van der Waals surface area contributed by atoms with Crippen LogP contribution >= 0.6 is 0 Å². The number of ether oxygens (including phenoxy) is 1. The average molecular weight is 346 g/mol. The standard InChI is InChI=1S/C17H18N2O4S/c1-12-17(20)19-15-8-7-14(11-16(15)23-12)24(21,22)18-10-9-13-5-3-2-4-6-13/h2-8,11-12,18H,9-10H2,1H3,(H,19,20)/t12-/m0/s1. The van der Waals surface area contributed by atoms with Gasteiger partial charge in [0.05, 0.1) is 10.6 Å². The second-order valence-electron chi connectivity index (χ2n) is 5.54. The third-order valence-corrected chi connectivity index (χ3v) is 5.20. The fourth-order valence-electron chi connectivity index (χ4n) is 2.41. The summed E-state index contributed by atoms with van der Waals surface area (Å²) in [7, 11) is -3.64. The predicted octanol–water partition coefficient (Wildman–Crippen LogP) is 1.93. The molecule has 0 bridgehead atoms. The Morgan fingerprint density at radius 3 is 2.67 bits per heavy atom. The van der Waals surface area contributed by atoms with Gasteiger partial charge >= 0.3 is 0 Å². The molecule has 1 heterocycles. The van der Waals surface area contributed by atoms with Crippen molar-refractivity contribution in [2.75, 3.05) is 11.9 Å². The normalized spacial score (nSPS) is 16.9. The molecule has 0 spiro atoms. The Morgan fingerprint density at radius 1 is 1.17 bits per heavy atom. The summed E-state index contributed by atoms with van der Waals surface area (Å²) < 4.78 is 32.8. The number of nitrogens with one attached hydrogen (secondary N) is 2. The van der Waals surface area contributed by atoms with Gasteiger partial charge in [0, 0.05) is 12.6 Å². The smallest absolute Gasteiger partial charge is 0.265 e. The number of hydrogen-bond donors (Lipinski definition) is 2. The zero-order valence-corrected chi connectivity index (χ0v) is 14.0. The fraction of sp³-hybridized carbons (Fsp3) is 0.235. The monoisotopic (exact) mass is 346 g/mol. The summed E-state index contributed by atoms with van der Waals surface area (Å²) in [5.41, 5.74) is 1.53. The van der Waals surface area contributed by atoms with Crippen molar-refractivity contribution in [3.63, 3.8) is 0 Å². The average Bonchev–Trinajstić information content (AvgIpc) is 2.56. The first-order valence-electron chi connectivity index (χ1n) is 7.61. The zero-order chi connectivity index (χ0) is 17.2. The fourth-order valence-corrected chi connectivity index (χ4v) is 3.45. The van der Waals surface area contributed by atoms with Crippen molar-refractivity contribution in [3.8, 4) is 5.75 Å². The number of rotatable bonds is 5. The molecule has 1 atom stereocenters. The molecule has 6 nitrogen and oxygen atoms in total. The van der Waals surface area contributed by atoms with Gasteiger partial charge in [0.15, 0.2) is 6.10 Å². The highest BCUT2D eigenvalue weighted by molar-refractivity contribution is 7.89. The van der Waals surface area contributed by atoms with Crippen molar-refractivity contribution in [1.82, 2.24) is 4.72 Å². The molecule has 126 valence electrons. The summed E-state index contributed by atoms with van der Waals surface area (Å²) in [6.07, 6.45) is -0.0456. The van der Waals surface area contributed by atoms with E-state index in [9.17, 15) is 13.2 Å². The third-order valence-electron chi connectivity index (χ3n) is 3.74. The van der Waals surface area contributed by atoms with Crippen LogP contribution in [0.1, 0.15) is 12.5 Å². The molecule has 7 heteroatoms. The van der Waals surface area contributed by atoms with Gasteiger partial charge in [0.25, 0.3) is 5.91 Å². The van der Waals surface area contributed by atoms with Crippen LogP contribution < -0.4 is 14.8 Å². The minimum absolute atomic E-state index is 0.109. The van der Waals surface area contributed by atoms with E-state index in [0.717, 1.165) is 5.56 Å². The predicted molar refractivity (Wildman–Crippen MR) is 90.5 cm³/mol. The van der Waals surface area contributed by atoms with E-state index in [2.05, 4.69) is 10.0 Å². The maximum Gasteiger partial charge on any atom is 0.265 e. The summed E-state index contributed by atoms with van der Waals surface area (Å²) in [5.74, 6) is 0.104. The number of amides is 1. The maximum atomic E-state index is 12.4. The Morgan fingerprint density at radius 2 is 1.92 bits per heavy atom. The first-order valence-corrected chi connectivity index (χ1v) is 9.09. The van der Waals surface area contributed by atoms with Gasteiger partial charge in [-0.05, 0) is 31.0 Å². The molecule has 1 amide bonds. The highest BCUT2D eigenvalue weighted by Crippen LogP contribution is 2.31. The molecule has 0 unspecified atom stereocenters. The number of fused-ring (bicyclic) bond motifs is 1. The number of sulfonamides is 1. The van der Waals surface area contributed by atoms with Gasteiger partial charge in [-0.3, -0.25) is 4.79 Å². The number of carbonyl (C=O) groups excluding carboxylic acids is 1.